The second-order valence-corrected chi connectivity index (χ2v) is 4.79. The summed E-state index contributed by atoms with van der Waals surface area (Å²) in [5.74, 6) is 1.17. The normalized spacial score (nSPS) is 22.9. The van der Waals surface area contributed by atoms with Gasteiger partial charge < -0.3 is 11.1 Å². The number of benzene rings is 1. The van der Waals surface area contributed by atoms with Crippen LogP contribution in [0, 0.1) is 11.8 Å². The Labute approximate surface area is 100.0 Å². The Morgan fingerprint density at radius 1 is 1.62 bits per heavy atom. The number of hydrogen-bond donors (Lipinski definition) is 2. The number of rotatable bonds is 3. The third kappa shape index (κ3) is 2.30. The summed E-state index contributed by atoms with van der Waals surface area (Å²) in [6, 6.07) is 5.09. The number of carbonyl (C=O) groups is 1. The van der Waals surface area contributed by atoms with Gasteiger partial charge in [0, 0.05) is 12.2 Å². The van der Waals surface area contributed by atoms with E-state index in [0.717, 1.165) is 5.92 Å². The van der Waals surface area contributed by atoms with Crippen LogP contribution in [0.1, 0.15) is 23.7 Å². The number of hydrogen-bond acceptors (Lipinski definition) is 2. The number of halogens is 1. The Balaban J connectivity index is 2.02. The standard InChI is InChI=1S/C12H15ClN2O/c1-7-5-8(7)6-15-12(16)11-9(13)3-2-4-10(11)14/h2-4,7-8H,5-6,14H2,1H3,(H,15,16). The van der Waals surface area contributed by atoms with Crippen molar-refractivity contribution in [3.05, 3.63) is 28.8 Å². The molecule has 2 atom stereocenters. The molecule has 0 bridgehead atoms. The Bertz CT molecular complexity index is 399. The van der Waals surface area contributed by atoms with E-state index < -0.39 is 0 Å². The molecule has 1 fully saturated rings. The van der Waals surface area contributed by atoms with E-state index in [9.17, 15) is 4.79 Å². The zero-order chi connectivity index (χ0) is 11.7. The van der Waals surface area contributed by atoms with Crippen LogP contribution < -0.4 is 11.1 Å². The minimum atomic E-state index is -0.179. The van der Waals surface area contributed by atoms with Crippen molar-refractivity contribution in [1.29, 1.82) is 0 Å². The van der Waals surface area contributed by atoms with Gasteiger partial charge in [0.25, 0.3) is 5.91 Å². The summed E-state index contributed by atoms with van der Waals surface area (Å²) >= 11 is 5.94. The molecular weight excluding hydrogens is 224 g/mol. The fraction of sp³-hybridized carbons (Fsp3) is 0.417. The van der Waals surface area contributed by atoms with Crippen molar-refractivity contribution < 1.29 is 4.79 Å². The fourth-order valence-electron chi connectivity index (χ4n) is 1.78. The van der Waals surface area contributed by atoms with Gasteiger partial charge >= 0.3 is 0 Å². The van der Waals surface area contributed by atoms with E-state index >= 15 is 0 Å². The molecule has 3 nitrogen and oxygen atoms in total. The molecule has 0 aromatic heterocycles. The van der Waals surface area contributed by atoms with E-state index in [-0.39, 0.29) is 5.91 Å². The molecule has 1 saturated carbocycles. The number of nitrogens with two attached hydrogens (primary N) is 1. The maximum Gasteiger partial charge on any atom is 0.254 e. The summed E-state index contributed by atoms with van der Waals surface area (Å²) in [7, 11) is 0. The van der Waals surface area contributed by atoms with Crippen molar-refractivity contribution >= 4 is 23.2 Å². The molecule has 0 saturated heterocycles. The summed E-state index contributed by atoms with van der Waals surface area (Å²) < 4.78 is 0. The molecule has 0 radical (unpaired) electrons. The first-order valence-electron chi connectivity index (χ1n) is 5.41. The maximum atomic E-state index is 11.8. The molecule has 86 valence electrons. The summed E-state index contributed by atoms with van der Waals surface area (Å²) in [5.41, 5.74) is 6.54. The summed E-state index contributed by atoms with van der Waals surface area (Å²) in [4.78, 5) is 11.8. The molecule has 16 heavy (non-hydrogen) atoms. The van der Waals surface area contributed by atoms with Gasteiger partial charge in [-0.1, -0.05) is 24.6 Å². The van der Waals surface area contributed by atoms with Crippen LogP contribution in [-0.2, 0) is 0 Å². The van der Waals surface area contributed by atoms with Crippen molar-refractivity contribution in [3.63, 3.8) is 0 Å². The topological polar surface area (TPSA) is 55.1 Å². The lowest BCUT2D eigenvalue weighted by Gasteiger charge is -2.08. The second-order valence-electron chi connectivity index (χ2n) is 4.39. The van der Waals surface area contributed by atoms with Gasteiger partial charge in [-0.2, -0.15) is 0 Å². The average molecular weight is 239 g/mol. The number of nitrogens with one attached hydrogen (secondary N) is 1. The molecule has 0 spiro atoms. The van der Waals surface area contributed by atoms with Crippen LogP contribution in [0.25, 0.3) is 0 Å². The van der Waals surface area contributed by atoms with E-state index in [1.807, 2.05) is 0 Å². The molecular formula is C12H15ClN2O. The molecule has 0 aliphatic heterocycles. The van der Waals surface area contributed by atoms with E-state index in [2.05, 4.69) is 12.2 Å². The summed E-state index contributed by atoms with van der Waals surface area (Å²) in [6.45, 7) is 2.89. The number of carbonyl (C=O) groups excluding carboxylic acids is 1. The Kier molecular flexibility index (Phi) is 3.06. The lowest BCUT2D eigenvalue weighted by atomic mass is 10.1. The Morgan fingerprint density at radius 2 is 2.31 bits per heavy atom. The summed E-state index contributed by atoms with van der Waals surface area (Å²) in [6.07, 6.45) is 1.19. The molecule has 1 aliphatic carbocycles. The van der Waals surface area contributed by atoms with Gasteiger partial charge in [0.15, 0.2) is 0 Å². The first-order valence-corrected chi connectivity index (χ1v) is 5.79. The molecule has 1 aliphatic rings. The number of amides is 1. The number of anilines is 1. The fourth-order valence-corrected chi connectivity index (χ4v) is 2.04. The van der Waals surface area contributed by atoms with E-state index in [4.69, 9.17) is 17.3 Å². The van der Waals surface area contributed by atoms with Crippen LogP contribution in [-0.4, -0.2) is 12.5 Å². The molecule has 1 amide bonds. The van der Waals surface area contributed by atoms with Crippen LogP contribution in [0.15, 0.2) is 18.2 Å². The van der Waals surface area contributed by atoms with Crippen LogP contribution in [0.5, 0.6) is 0 Å². The predicted molar refractivity (Wildman–Crippen MR) is 65.5 cm³/mol. The van der Waals surface area contributed by atoms with E-state index in [1.54, 1.807) is 18.2 Å². The monoisotopic (exact) mass is 238 g/mol. The van der Waals surface area contributed by atoms with Crippen LogP contribution in [0.4, 0.5) is 5.69 Å². The maximum absolute atomic E-state index is 11.8. The Morgan fingerprint density at radius 3 is 2.88 bits per heavy atom. The third-order valence-electron chi connectivity index (χ3n) is 3.07. The molecule has 2 rings (SSSR count). The van der Waals surface area contributed by atoms with Gasteiger partial charge in [-0.05, 0) is 30.4 Å². The Hall–Kier alpha value is -1.22. The van der Waals surface area contributed by atoms with Crippen molar-refractivity contribution in [3.8, 4) is 0 Å². The van der Waals surface area contributed by atoms with Gasteiger partial charge in [-0.3, -0.25) is 4.79 Å². The van der Waals surface area contributed by atoms with Gasteiger partial charge in [-0.15, -0.1) is 0 Å². The van der Waals surface area contributed by atoms with Crippen molar-refractivity contribution in [2.45, 2.75) is 13.3 Å². The zero-order valence-corrected chi connectivity index (χ0v) is 9.92. The highest BCUT2D eigenvalue weighted by atomic mass is 35.5. The van der Waals surface area contributed by atoms with Crippen LogP contribution in [0.2, 0.25) is 5.02 Å². The minimum Gasteiger partial charge on any atom is -0.398 e. The van der Waals surface area contributed by atoms with Gasteiger partial charge in [0.2, 0.25) is 0 Å². The smallest absolute Gasteiger partial charge is 0.254 e. The highest BCUT2D eigenvalue weighted by Gasteiger charge is 2.32. The van der Waals surface area contributed by atoms with Crippen molar-refractivity contribution in [2.24, 2.45) is 11.8 Å². The quantitative estimate of drug-likeness (QED) is 0.794. The molecule has 4 heteroatoms. The lowest BCUT2D eigenvalue weighted by Crippen LogP contribution is -2.27. The molecule has 2 unspecified atom stereocenters. The minimum absolute atomic E-state index is 0.179. The van der Waals surface area contributed by atoms with Gasteiger partial charge in [0.1, 0.15) is 0 Å². The largest absolute Gasteiger partial charge is 0.398 e. The molecule has 1 aromatic carbocycles. The predicted octanol–water partition coefficient (Wildman–Crippen LogP) is 2.31. The van der Waals surface area contributed by atoms with Gasteiger partial charge in [-0.25, -0.2) is 0 Å². The second kappa shape index (κ2) is 4.34. The summed E-state index contributed by atoms with van der Waals surface area (Å²) in [5, 5.41) is 3.27. The van der Waals surface area contributed by atoms with Crippen molar-refractivity contribution in [1.82, 2.24) is 5.32 Å². The van der Waals surface area contributed by atoms with Crippen LogP contribution >= 0.6 is 11.6 Å². The number of nitrogen functional groups attached to an aromatic ring is 1. The molecule has 1 aromatic rings. The van der Waals surface area contributed by atoms with Crippen LogP contribution in [0.3, 0.4) is 0 Å². The first kappa shape index (κ1) is 11.3. The molecule has 0 heterocycles. The molecule has 3 N–H and O–H groups in total. The van der Waals surface area contributed by atoms with Crippen molar-refractivity contribution in [2.75, 3.05) is 12.3 Å². The van der Waals surface area contributed by atoms with Gasteiger partial charge in [0.05, 0.1) is 10.6 Å². The average Bonchev–Trinajstić information content (AvgIpc) is 2.91. The van der Waals surface area contributed by atoms with E-state index in [1.165, 1.54) is 6.42 Å². The third-order valence-corrected chi connectivity index (χ3v) is 3.39. The van der Waals surface area contributed by atoms with E-state index in [0.29, 0.717) is 28.7 Å². The SMILES string of the molecule is CC1CC1CNC(=O)c1c(N)cccc1Cl. The lowest BCUT2D eigenvalue weighted by molar-refractivity contribution is 0.0952. The first-order chi connectivity index (χ1) is 7.59. The highest BCUT2D eigenvalue weighted by Crippen LogP contribution is 2.36. The highest BCUT2D eigenvalue weighted by molar-refractivity contribution is 6.34. The zero-order valence-electron chi connectivity index (χ0n) is 9.16.